The zero-order valence-corrected chi connectivity index (χ0v) is 9.90. The molecule has 16 heavy (non-hydrogen) atoms. The standard InChI is InChI=1S/C14H19NO/c1-4-13(5-2)15-11(3)10-12-6-8-14(16)9-7-12/h1,6-9,11,13,15-16H,5,10H2,2-3H3. The van der Waals surface area contributed by atoms with Crippen molar-refractivity contribution in [1.82, 2.24) is 5.32 Å². The number of aromatic hydroxyl groups is 1. The van der Waals surface area contributed by atoms with Crippen LogP contribution in [0, 0.1) is 12.3 Å². The first-order valence-electron chi connectivity index (χ1n) is 5.65. The molecular weight excluding hydrogens is 198 g/mol. The number of terminal acetylenes is 1. The van der Waals surface area contributed by atoms with Crippen molar-refractivity contribution in [2.75, 3.05) is 0 Å². The summed E-state index contributed by atoms with van der Waals surface area (Å²) < 4.78 is 0. The summed E-state index contributed by atoms with van der Waals surface area (Å²) in [6.07, 6.45) is 7.26. The second-order valence-electron chi connectivity index (χ2n) is 4.07. The number of benzene rings is 1. The Balaban J connectivity index is 2.48. The minimum Gasteiger partial charge on any atom is -0.508 e. The van der Waals surface area contributed by atoms with Crippen LogP contribution in [0.1, 0.15) is 25.8 Å². The molecule has 1 rings (SSSR count). The molecule has 2 N–H and O–H groups in total. The summed E-state index contributed by atoms with van der Waals surface area (Å²) >= 11 is 0. The highest BCUT2D eigenvalue weighted by molar-refractivity contribution is 5.26. The highest BCUT2D eigenvalue weighted by Gasteiger charge is 2.07. The number of phenolic OH excluding ortho intramolecular Hbond substituents is 1. The van der Waals surface area contributed by atoms with Gasteiger partial charge in [-0.3, -0.25) is 0 Å². The number of hydrogen-bond acceptors (Lipinski definition) is 2. The van der Waals surface area contributed by atoms with Crippen LogP contribution in [0.25, 0.3) is 0 Å². The molecule has 0 fully saturated rings. The van der Waals surface area contributed by atoms with Gasteiger partial charge in [-0.2, -0.15) is 0 Å². The van der Waals surface area contributed by atoms with Crippen LogP contribution in [0.2, 0.25) is 0 Å². The van der Waals surface area contributed by atoms with Gasteiger partial charge in [0.1, 0.15) is 5.75 Å². The van der Waals surface area contributed by atoms with Crippen molar-refractivity contribution in [1.29, 1.82) is 0 Å². The fourth-order valence-electron chi connectivity index (χ4n) is 1.67. The SMILES string of the molecule is C#CC(CC)NC(C)Cc1ccc(O)cc1. The van der Waals surface area contributed by atoms with Crippen LogP contribution in [0.3, 0.4) is 0 Å². The Morgan fingerprint density at radius 2 is 2.00 bits per heavy atom. The minimum absolute atomic E-state index is 0.145. The fourth-order valence-corrected chi connectivity index (χ4v) is 1.67. The van der Waals surface area contributed by atoms with Gasteiger partial charge in [-0.1, -0.05) is 25.0 Å². The predicted molar refractivity (Wildman–Crippen MR) is 67.3 cm³/mol. The molecule has 0 heterocycles. The Kier molecular flexibility index (Phi) is 4.88. The second-order valence-corrected chi connectivity index (χ2v) is 4.07. The van der Waals surface area contributed by atoms with E-state index in [1.807, 2.05) is 12.1 Å². The predicted octanol–water partition coefficient (Wildman–Crippen LogP) is 2.32. The molecule has 2 unspecified atom stereocenters. The van der Waals surface area contributed by atoms with Gasteiger partial charge < -0.3 is 10.4 Å². The van der Waals surface area contributed by atoms with E-state index < -0.39 is 0 Å². The van der Waals surface area contributed by atoms with E-state index in [2.05, 4.69) is 25.1 Å². The molecule has 0 aliphatic rings. The third kappa shape index (κ3) is 3.96. The monoisotopic (exact) mass is 217 g/mol. The van der Waals surface area contributed by atoms with E-state index in [1.54, 1.807) is 12.1 Å². The Hall–Kier alpha value is -1.46. The van der Waals surface area contributed by atoms with Crippen LogP contribution in [0.15, 0.2) is 24.3 Å². The van der Waals surface area contributed by atoms with Crippen LogP contribution in [-0.4, -0.2) is 17.2 Å². The first-order chi connectivity index (χ1) is 7.65. The van der Waals surface area contributed by atoms with Gasteiger partial charge in [0.05, 0.1) is 6.04 Å². The lowest BCUT2D eigenvalue weighted by Crippen LogP contribution is -2.36. The molecule has 0 saturated heterocycles. The van der Waals surface area contributed by atoms with Crippen LogP contribution in [0.5, 0.6) is 5.75 Å². The smallest absolute Gasteiger partial charge is 0.115 e. The lowest BCUT2D eigenvalue weighted by molar-refractivity contribution is 0.473. The average molecular weight is 217 g/mol. The lowest BCUT2D eigenvalue weighted by atomic mass is 10.1. The van der Waals surface area contributed by atoms with Gasteiger partial charge in [-0.05, 0) is 37.5 Å². The van der Waals surface area contributed by atoms with Crippen LogP contribution in [-0.2, 0) is 6.42 Å². The topological polar surface area (TPSA) is 32.3 Å². The first-order valence-corrected chi connectivity index (χ1v) is 5.65. The van der Waals surface area contributed by atoms with Gasteiger partial charge in [-0.15, -0.1) is 6.42 Å². The summed E-state index contributed by atoms with van der Waals surface area (Å²) in [5.41, 5.74) is 1.20. The quantitative estimate of drug-likeness (QED) is 0.742. The molecule has 0 bridgehead atoms. The van der Waals surface area contributed by atoms with Crippen LogP contribution in [0.4, 0.5) is 0 Å². The van der Waals surface area contributed by atoms with Crippen molar-refractivity contribution in [2.45, 2.75) is 38.8 Å². The molecule has 0 aliphatic heterocycles. The maximum atomic E-state index is 9.17. The highest BCUT2D eigenvalue weighted by atomic mass is 16.3. The number of hydrogen-bond donors (Lipinski definition) is 2. The lowest BCUT2D eigenvalue weighted by Gasteiger charge is -2.18. The van der Waals surface area contributed by atoms with E-state index in [9.17, 15) is 5.11 Å². The normalized spacial score (nSPS) is 14.1. The van der Waals surface area contributed by atoms with Gasteiger partial charge in [0.2, 0.25) is 0 Å². The Morgan fingerprint density at radius 1 is 1.38 bits per heavy atom. The van der Waals surface area contributed by atoms with Crippen molar-refractivity contribution in [3.05, 3.63) is 29.8 Å². The molecule has 0 aliphatic carbocycles. The summed E-state index contributed by atoms with van der Waals surface area (Å²) in [5, 5.41) is 12.6. The van der Waals surface area contributed by atoms with Crippen LogP contribution >= 0.6 is 0 Å². The summed E-state index contributed by atoms with van der Waals surface area (Å²) in [4.78, 5) is 0. The summed E-state index contributed by atoms with van der Waals surface area (Å²) in [7, 11) is 0. The molecule has 0 aromatic heterocycles. The van der Waals surface area contributed by atoms with Crippen molar-refractivity contribution >= 4 is 0 Å². The molecule has 0 saturated carbocycles. The van der Waals surface area contributed by atoms with Gasteiger partial charge in [0.25, 0.3) is 0 Å². The van der Waals surface area contributed by atoms with E-state index in [-0.39, 0.29) is 6.04 Å². The average Bonchev–Trinajstić information content (AvgIpc) is 2.29. The maximum Gasteiger partial charge on any atom is 0.115 e. The van der Waals surface area contributed by atoms with E-state index in [1.165, 1.54) is 5.56 Å². The van der Waals surface area contributed by atoms with Crippen molar-refractivity contribution in [3.63, 3.8) is 0 Å². The number of nitrogens with one attached hydrogen (secondary N) is 1. The maximum absolute atomic E-state index is 9.17. The van der Waals surface area contributed by atoms with Gasteiger partial charge in [0.15, 0.2) is 0 Å². The molecule has 86 valence electrons. The van der Waals surface area contributed by atoms with E-state index >= 15 is 0 Å². The fraction of sp³-hybridized carbons (Fsp3) is 0.429. The third-order valence-electron chi connectivity index (χ3n) is 2.57. The Bertz CT molecular complexity index is 350. The molecule has 0 amide bonds. The molecule has 1 aromatic rings. The van der Waals surface area contributed by atoms with Crippen molar-refractivity contribution in [3.8, 4) is 18.1 Å². The van der Waals surface area contributed by atoms with E-state index in [4.69, 9.17) is 6.42 Å². The molecule has 1 aromatic carbocycles. The molecular formula is C14H19NO. The van der Waals surface area contributed by atoms with Gasteiger partial charge >= 0.3 is 0 Å². The third-order valence-corrected chi connectivity index (χ3v) is 2.57. The van der Waals surface area contributed by atoms with Gasteiger partial charge in [-0.25, -0.2) is 0 Å². The summed E-state index contributed by atoms with van der Waals surface area (Å²) in [5.74, 6) is 3.03. The molecule has 2 heteroatoms. The number of rotatable bonds is 5. The summed E-state index contributed by atoms with van der Waals surface area (Å²) in [6, 6.07) is 7.77. The minimum atomic E-state index is 0.145. The Labute approximate surface area is 97.7 Å². The molecule has 2 nitrogen and oxygen atoms in total. The summed E-state index contributed by atoms with van der Waals surface area (Å²) in [6.45, 7) is 4.19. The van der Waals surface area contributed by atoms with Crippen LogP contribution < -0.4 is 5.32 Å². The van der Waals surface area contributed by atoms with Crippen molar-refractivity contribution in [2.24, 2.45) is 0 Å². The van der Waals surface area contributed by atoms with E-state index in [0.717, 1.165) is 12.8 Å². The van der Waals surface area contributed by atoms with Crippen molar-refractivity contribution < 1.29 is 5.11 Å². The number of phenols is 1. The van der Waals surface area contributed by atoms with Gasteiger partial charge in [0, 0.05) is 6.04 Å². The molecule has 0 spiro atoms. The molecule has 2 atom stereocenters. The second kappa shape index (κ2) is 6.19. The highest BCUT2D eigenvalue weighted by Crippen LogP contribution is 2.11. The molecule has 0 radical (unpaired) electrons. The zero-order valence-electron chi connectivity index (χ0n) is 9.90. The first kappa shape index (κ1) is 12.6. The largest absolute Gasteiger partial charge is 0.508 e. The Morgan fingerprint density at radius 3 is 2.50 bits per heavy atom. The zero-order chi connectivity index (χ0) is 12.0. The van der Waals surface area contributed by atoms with E-state index in [0.29, 0.717) is 11.8 Å².